The molecule has 3 heteroatoms. The minimum atomic E-state index is -1.63. The number of benzene rings is 1. The summed E-state index contributed by atoms with van der Waals surface area (Å²) in [6.07, 6.45) is 2.38. The first kappa shape index (κ1) is 20.2. The zero-order valence-corrected chi connectivity index (χ0v) is 18.1. The van der Waals surface area contributed by atoms with E-state index >= 15 is 0 Å². The Morgan fingerprint density at radius 1 is 0.783 bits per heavy atom. The van der Waals surface area contributed by atoms with E-state index in [0.29, 0.717) is 0 Å². The molecule has 0 aliphatic rings. The van der Waals surface area contributed by atoms with Gasteiger partial charge in [-0.3, -0.25) is 0 Å². The summed E-state index contributed by atoms with van der Waals surface area (Å²) in [5.74, 6) is 0. The summed E-state index contributed by atoms with van der Waals surface area (Å²) in [4.78, 5) is 0. The van der Waals surface area contributed by atoms with Crippen LogP contribution in [0.2, 0.25) is 36.3 Å². The maximum atomic E-state index is 6.99. The van der Waals surface area contributed by atoms with Crippen molar-refractivity contribution in [3.63, 3.8) is 0 Å². The van der Waals surface area contributed by atoms with E-state index in [1.165, 1.54) is 47.2 Å². The average Bonchev–Trinajstić information content (AvgIpc) is 2.62. The molecule has 0 atom stereocenters. The molecular weight excluding hydrogens is 312 g/mol. The van der Waals surface area contributed by atoms with E-state index in [1.54, 1.807) is 0 Å². The van der Waals surface area contributed by atoms with Gasteiger partial charge in [-0.15, -0.1) is 0 Å². The summed E-state index contributed by atoms with van der Waals surface area (Å²) in [5.41, 5.74) is 1.29. The lowest BCUT2D eigenvalue weighted by Gasteiger charge is -2.39. The van der Waals surface area contributed by atoms with E-state index in [-0.39, 0.29) is 0 Å². The van der Waals surface area contributed by atoms with Gasteiger partial charge in [0.1, 0.15) is 8.07 Å². The zero-order valence-electron chi connectivity index (χ0n) is 16.1. The fourth-order valence-corrected chi connectivity index (χ4v) is 10.5. The normalized spacial score (nSPS) is 13.2. The van der Waals surface area contributed by atoms with Crippen LogP contribution in [0.3, 0.4) is 0 Å². The highest BCUT2D eigenvalue weighted by Gasteiger charge is 2.39. The summed E-state index contributed by atoms with van der Waals surface area (Å²) >= 11 is 0. The minimum absolute atomic E-state index is 1.22. The molecule has 0 fully saturated rings. The SMILES string of the molecule is CC[Si](CC)(CC)O/C(=C/c1ccccc1)[Si](CC)(CC)CC. The molecule has 0 spiro atoms. The second-order valence-corrected chi connectivity index (χ2v) is 16.5. The average molecular weight is 349 g/mol. The van der Waals surface area contributed by atoms with E-state index in [2.05, 4.69) is 78.0 Å². The topological polar surface area (TPSA) is 9.23 Å². The molecule has 0 bridgehead atoms. The molecule has 0 unspecified atom stereocenters. The van der Waals surface area contributed by atoms with Gasteiger partial charge in [0.15, 0.2) is 0 Å². The molecule has 0 aliphatic heterocycles. The third-order valence-corrected chi connectivity index (χ3v) is 16.0. The van der Waals surface area contributed by atoms with Crippen molar-refractivity contribution in [1.82, 2.24) is 0 Å². The van der Waals surface area contributed by atoms with Gasteiger partial charge in [0.25, 0.3) is 0 Å². The van der Waals surface area contributed by atoms with Crippen molar-refractivity contribution < 1.29 is 4.43 Å². The first-order valence-electron chi connectivity index (χ1n) is 9.51. The van der Waals surface area contributed by atoms with Gasteiger partial charge in [0.05, 0.1) is 5.38 Å². The smallest absolute Gasteiger partial charge is 0.249 e. The lowest BCUT2D eigenvalue weighted by molar-refractivity contribution is 0.434. The molecule has 0 saturated heterocycles. The molecule has 0 radical (unpaired) electrons. The first-order chi connectivity index (χ1) is 11.0. The summed E-state index contributed by atoms with van der Waals surface area (Å²) in [5, 5.41) is 1.38. The van der Waals surface area contributed by atoms with Gasteiger partial charge in [-0.05, 0) is 29.8 Å². The Morgan fingerprint density at radius 2 is 1.26 bits per heavy atom. The summed E-state index contributed by atoms with van der Waals surface area (Å²) < 4.78 is 6.99. The van der Waals surface area contributed by atoms with Crippen molar-refractivity contribution in [2.45, 2.75) is 77.8 Å². The van der Waals surface area contributed by atoms with Crippen LogP contribution in [0, 0.1) is 0 Å². The molecule has 1 aromatic rings. The van der Waals surface area contributed by atoms with Crippen LogP contribution in [-0.2, 0) is 4.43 Å². The predicted octanol–water partition coefficient (Wildman–Crippen LogP) is 7.10. The largest absolute Gasteiger partial charge is 0.550 e. The Balaban J connectivity index is 3.34. The van der Waals surface area contributed by atoms with Gasteiger partial charge in [-0.1, -0.05) is 90.0 Å². The van der Waals surface area contributed by atoms with Crippen LogP contribution in [0.4, 0.5) is 0 Å². The number of hydrogen-bond acceptors (Lipinski definition) is 1. The Kier molecular flexibility index (Phi) is 8.34. The Morgan fingerprint density at radius 3 is 1.65 bits per heavy atom. The monoisotopic (exact) mass is 348 g/mol. The van der Waals surface area contributed by atoms with E-state index < -0.39 is 16.4 Å². The van der Waals surface area contributed by atoms with Crippen LogP contribution in [0.25, 0.3) is 6.08 Å². The Labute approximate surface area is 146 Å². The molecule has 1 nitrogen and oxygen atoms in total. The molecular formula is C20H36OSi2. The highest BCUT2D eigenvalue weighted by atomic mass is 28.4. The molecule has 23 heavy (non-hydrogen) atoms. The molecule has 0 amide bonds. The van der Waals surface area contributed by atoms with Crippen molar-refractivity contribution in [3.8, 4) is 0 Å². The number of hydrogen-bond donors (Lipinski definition) is 0. The zero-order chi connectivity index (χ0) is 17.3. The molecule has 130 valence electrons. The Bertz CT molecular complexity index is 457. The van der Waals surface area contributed by atoms with Crippen molar-refractivity contribution in [2.24, 2.45) is 0 Å². The predicted molar refractivity (Wildman–Crippen MR) is 110 cm³/mol. The van der Waals surface area contributed by atoms with E-state index in [0.717, 1.165) is 0 Å². The van der Waals surface area contributed by atoms with Gasteiger partial charge in [0.2, 0.25) is 8.32 Å². The van der Waals surface area contributed by atoms with Crippen LogP contribution in [0.15, 0.2) is 35.7 Å². The lowest BCUT2D eigenvalue weighted by Crippen LogP contribution is -2.44. The third kappa shape index (κ3) is 4.83. The standard InChI is InChI=1S/C20H36OSi2/c1-7-22(8-2,9-3)20(18-19-16-14-13-15-17-19)21-23(10-4,11-5)12-6/h13-18H,7-12H2,1-6H3/b20-18-. The fourth-order valence-electron chi connectivity index (χ4n) is 3.46. The molecule has 0 N–H and O–H groups in total. The van der Waals surface area contributed by atoms with E-state index in [1.807, 2.05) is 0 Å². The fraction of sp³-hybridized carbons (Fsp3) is 0.600. The minimum Gasteiger partial charge on any atom is -0.550 e. The third-order valence-electron chi connectivity index (χ3n) is 5.91. The quantitative estimate of drug-likeness (QED) is 0.324. The first-order valence-corrected chi connectivity index (χ1v) is 14.7. The molecule has 0 saturated carbocycles. The van der Waals surface area contributed by atoms with E-state index in [9.17, 15) is 0 Å². The van der Waals surface area contributed by atoms with Crippen molar-refractivity contribution in [1.29, 1.82) is 0 Å². The van der Waals surface area contributed by atoms with Crippen LogP contribution in [-0.4, -0.2) is 16.4 Å². The highest BCUT2D eigenvalue weighted by molar-refractivity contribution is 6.88. The molecule has 0 aromatic heterocycles. The Hall–Kier alpha value is -0.806. The van der Waals surface area contributed by atoms with Gasteiger partial charge in [0, 0.05) is 0 Å². The van der Waals surface area contributed by atoms with Crippen LogP contribution in [0.5, 0.6) is 0 Å². The van der Waals surface area contributed by atoms with Crippen LogP contribution >= 0.6 is 0 Å². The van der Waals surface area contributed by atoms with E-state index in [4.69, 9.17) is 4.43 Å². The van der Waals surface area contributed by atoms with Crippen LogP contribution in [0.1, 0.15) is 47.1 Å². The second-order valence-electron chi connectivity index (χ2n) is 6.61. The summed E-state index contributed by atoms with van der Waals surface area (Å²) in [6.45, 7) is 14.1. The van der Waals surface area contributed by atoms with Crippen molar-refractivity contribution in [2.75, 3.05) is 0 Å². The van der Waals surface area contributed by atoms with Crippen LogP contribution < -0.4 is 0 Å². The molecule has 1 rings (SSSR count). The summed E-state index contributed by atoms with van der Waals surface area (Å²) in [7, 11) is -3.14. The summed E-state index contributed by atoms with van der Waals surface area (Å²) in [6, 6.07) is 18.2. The van der Waals surface area contributed by atoms with Gasteiger partial charge >= 0.3 is 0 Å². The molecule has 0 heterocycles. The molecule has 0 aliphatic carbocycles. The van der Waals surface area contributed by atoms with Gasteiger partial charge in [-0.25, -0.2) is 0 Å². The van der Waals surface area contributed by atoms with Gasteiger partial charge < -0.3 is 4.43 Å². The van der Waals surface area contributed by atoms with Crippen molar-refractivity contribution >= 4 is 22.5 Å². The second kappa shape index (κ2) is 9.48. The highest BCUT2D eigenvalue weighted by Crippen LogP contribution is 2.35. The maximum absolute atomic E-state index is 6.99. The van der Waals surface area contributed by atoms with Crippen molar-refractivity contribution in [3.05, 3.63) is 41.3 Å². The van der Waals surface area contributed by atoms with Gasteiger partial charge in [-0.2, -0.15) is 0 Å². The maximum Gasteiger partial charge on any atom is 0.249 e. The number of rotatable bonds is 10. The molecule has 1 aromatic carbocycles. The lowest BCUT2D eigenvalue weighted by atomic mass is 10.2.